The average Bonchev–Trinajstić information content (AvgIpc) is 2.50. The lowest BCUT2D eigenvalue weighted by Gasteiger charge is -2.25. The van der Waals surface area contributed by atoms with Crippen LogP contribution in [0.3, 0.4) is 0 Å². The van der Waals surface area contributed by atoms with Gasteiger partial charge in [0.1, 0.15) is 0 Å². The van der Waals surface area contributed by atoms with E-state index >= 15 is 0 Å². The summed E-state index contributed by atoms with van der Waals surface area (Å²) in [5.74, 6) is 0.0943. The van der Waals surface area contributed by atoms with Crippen molar-refractivity contribution in [3.8, 4) is 5.75 Å². The predicted octanol–water partition coefficient (Wildman–Crippen LogP) is 6.76. The average molecular weight is 357 g/mol. The number of hydrogen-bond acceptors (Lipinski definition) is 1. The highest BCUT2D eigenvalue weighted by Crippen LogP contribution is 2.28. The SMILES string of the molecule is Cc1ccc(CC(C)(C)CCOc2ccc(CC(C)(C)C)cc2F)cc1. The van der Waals surface area contributed by atoms with Crippen LogP contribution in [0.4, 0.5) is 4.39 Å². The minimum atomic E-state index is -0.261. The van der Waals surface area contributed by atoms with Gasteiger partial charge in [0.2, 0.25) is 0 Å². The highest BCUT2D eigenvalue weighted by Gasteiger charge is 2.19. The Bertz CT molecular complexity index is 708. The molecule has 0 aromatic heterocycles. The molecule has 0 spiro atoms. The second kappa shape index (κ2) is 8.24. The van der Waals surface area contributed by atoms with Crippen molar-refractivity contribution < 1.29 is 9.13 Å². The molecule has 0 radical (unpaired) electrons. The molecule has 0 bridgehead atoms. The number of benzene rings is 2. The Morgan fingerprint density at radius 2 is 1.46 bits per heavy atom. The monoisotopic (exact) mass is 356 g/mol. The minimum absolute atomic E-state index is 0.109. The molecule has 0 unspecified atom stereocenters. The smallest absolute Gasteiger partial charge is 0.165 e. The number of ether oxygens (including phenoxy) is 1. The molecule has 0 aliphatic heterocycles. The Labute approximate surface area is 158 Å². The van der Waals surface area contributed by atoms with E-state index in [1.165, 1.54) is 11.1 Å². The van der Waals surface area contributed by atoms with Gasteiger partial charge in [0.05, 0.1) is 6.61 Å². The largest absolute Gasteiger partial charge is 0.490 e. The van der Waals surface area contributed by atoms with E-state index in [0.717, 1.165) is 24.8 Å². The molecule has 0 aliphatic carbocycles. The molecule has 0 fully saturated rings. The molecule has 0 N–H and O–H groups in total. The summed E-state index contributed by atoms with van der Waals surface area (Å²) < 4.78 is 20.0. The van der Waals surface area contributed by atoms with Crippen LogP contribution in [0.5, 0.6) is 5.75 Å². The van der Waals surface area contributed by atoms with Crippen LogP contribution in [0.2, 0.25) is 0 Å². The first-order chi connectivity index (χ1) is 12.0. The topological polar surface area (TPSA) is 9.23 Å². The van der Waals surface area contributed by atoms with Crippen LogP contribution < -0.4 is 4.74 Å². The maximum absolute atomic E-state index is 14.3. The summed E-state index contributed by atoms with van der Waals surface area (Å²) in [5.41, 5.74) is 3.88. The number of halogens is 1. The Morgan fingerprint density at radius 1 is 0.846 bits per heavy atom. The molecule has 0 saturated carbocycles. The summed E-state index contributed by atoms with van der Waals surface area (Å²) >= 11 is 0. The zero-order valence-electron chi connectivity index (χ0n) is 17.2. The maximum Gasteiger partial charge on any atom is 0.165 e. The van der Waals surface area contributed by atoms with E-state index in [1.54, 1.807) is 12.1 Å². The minimum Gasteiger partial charge on any atom is -0.490 e. The van der Waals surface area contributed by atoms with Gasteiger partial charge in [-0.25, -0.2) is 4.39 Å². The van der Waals surface area contributed by atoms with Crippen molar-refractivity contribution in [1.29, 1.82) is 0 Å². The van der Waals surface area contributed by atoms with E-state index in [1.807, 2.05) is 6.07 Å². The standard InChI is InChI=1S/C24H33FO/c1-18-7-9-19(10-8-18)17-24(5,6)13-14-26-22-12-11-20(15-21(22)25)16-23(2,3)4/h7-12,15H,13-14,16-17H2,1-6H3. The lowest BCUT2D eigenvalue weighted by Crippen LogP contribution is -2.19. The van der Waals surface area contributed by atoms with Gasteiger partial charge in [-0.05, 0) is 60.3 Å². The lowest BCUT2D eigenvalue weighted by molar-refractivity contribution is 0.220. The molecule has 2 aromatic rings. The lowest BCUT2D eigenvalue weighted by atomic mass is 9.83. The van der Waals surface area contributed by atoms with E-state index in [2.05, 4.69) is 65.8 Å². The second-order valence-corrected chi connectivity index (χ2v) is 9.43. The molecule has 2 aromatic carbocycles. The number of aryl methyl sites for hydroxylation is 1. The van der Waals surface area contributed by atoms with Gasteiger partial charge in [0.25, 0.3) is 0 Å². The van der Waals surface area contributed by atoms with Crippen LogP contribution in [-0.4, -0.2) is 6.61 Å². The zero-order chi connectivity index (χ0) is 19.4. The molecular formula is C24H33FO. The molecule has 2 heteroatoms. The highest BCUT2D eigenvalue weighted by atomic mass is 19.1. The third-order valence-electron chi connectivity index (χ3n) is 4.57. The summed E-state index contributed by atoms with van der Waals surface area (Å²) in [6.45, 7) is 13.6. The van der Waals surface area contributed by atoms with Crippen molar-refractivity contribution in [1.82, 2.24) is 0 Å². The zero-order valence-corrected chi connectivity index (χ0v) is 17.2. The van der Waals surface area contributed by atoms with Gasteiger partial charge in [-0.3, -0.25) is 0 Å². The van der Waals surface area contributed by atoms with Gasteiger partial charge in [-0.1, -0.05) is 70.5 Å². The van der Waals surface area contributed by atoms with Crippen LogP contribution in [0.15, 0.2) is 42.5 Å². The number of hydrogen-bond donors (Lipinski definition) is 0. The van der Waals surface area contributed by atoms with Crippen LogP contribution in [0.25, 0.3) is 0 Å². The fourth-order valence-corrected chi connectivity index (χ4v) is 3.17. The van der Waals surface area contributed by atoms with E-state index < -0.39 is 0 Å². The van der Waals surface area contributed by atoms with Crippen molar-refractivity contribution in [3.63, 3.8) is 0 Å². The van der Waals surface area contributed by atoms with Crippen molar-refractivity contribution in [3.05, 3.63) is 65.0 Å². The predicted molar refractivity (Wildman–Crippen MR) is 108 cm³/mol. The first-order valence-corrected chi connectivity index (χ1v) is 9.51. The summed E-state index contributed by atoms with van der Waals surface area (Å²) in [6.07, 6.45) is 2.72. The van der Waals surface area contributed by atoms with Gasteiger partial charge in [-0.15, -0.1) is 0 Å². The van der Waals surface area contributed by atoms with Crippen molar-refractivity contribution in [2.75, 3.05) is 6.61 Å². The van der Waals surface area contributed by atoms with Crippen LogP contribution in [0.1, 0.15) is 57.7 Å². The fourth-order valence-electron chi connectivity index (χ4n) is 3.17. The number of rotatable bonds is 7. The van der Waals surface area contributed by atoms with Gasteiger partial charge in [0.15, 0.2) is 11.6 Å². The third kappa shape index (κ3) is 6.82. The normalized spacial score (nSPS) is 12.3. The first kappa shape index (κ1) is 20.5. The van der Waals surface area contributed by atoms with Crippen molar-refractivity contribution in [2.45, 2.75) is 60.8 Å². The van der Waals surface area contributed by atoms with Crippen molar-refractivity contribution >= 4 is 0 Å². The maximum atomic E-state index is 14.3. The highest BCUT2D eigenvalue weighted by molar-refractivity contribution is 5.30. The summed E-state index contributed by atoms with van der Waals surface area (Å²) in [4.78, 5) is 0. The van der Waals surface area contributed by atoms with E-state index in [9.17, 15) is 4.39 Å². The van der Waals surface area contributed by atoms with Crippen LogP contribution in [0, 0.1) is 23.6 Å². The van der Waals surface area contributed by atoms with E-state index in [-0.39, 0.29) is 16.6 Å². The van der Waals surface area contributed by atoms with E-state index in [0.29, 0.717) is 12.4 Å². The Kier molecular flexibility index (Phi) is 6.49. The molecule has 142 valence electrons. The summed E-state index contributed by atoms with van der Waals surface area (Å²) in [6, 6.07) is 14.0. The molecule has 0 heterocycles. The quantitative estimate of drug-likeness (QED) is 0.532. The molecular weight excluding hydrogens is 323 g/mol. The van der Waals surface area contributed by atoms with Gasteiger partial charge >= 0.3 is 0 Å². The van der Waals surface area contributed by atoms with Crippen LogP contribution in [-0.2, 0) is 12.8 Å². The molecule has 0 saturated heterocycles. The fraction of sp³-hybridized carbons (Fsp3) is 0.500. The Balaban J connectivity index is 1.89. The molecule has 0 atom stereocenters. The van der Waals surface area contributed by atoms with Crippen LogP contribution >= 0.6 is 0 Å². The molecule has 26 heavy (non-hydrogen) atoms. The van der Waals surface area contributed by atoms with Gasteiger partial charge in [-0.2, -0.15) is 0 Å². The Morgan fingerprint density at radius 3 is 2.04 bits per heavy atom. The van der Waals surface area contributed by atoms with E-state index in [4.69, 9.17) is 4.74 Å². The molecule has 1 nitrogen and oxygen atoms in total. The summed E-state index contributed by atoms with van der Waals surface area (Å²) in [5, 5.41) is 0. The van der Waals surface area contributed by atoms with Gasteiger partial charge < -0.3 is 4.74 Å². The first-order valence-electron chi connectivity index (χ1n) is 9.51. The third-order valence-corrected chi connectivity index (χ3v) is 4.57. The molecule has 0 amide bonds. The van der Waals surface area contributed by atoms with Gasteiger partial charge in [0, 0.05) is 0 Å². The molecule has 0 aliphatic rings. The summed E-state index contributed by atoms with van der Waals surface area (Å²) in [7, 11) is 0. The molecule has 2 rings (SSSR count). The van der Waals surface area contributed by atoms with Crippen molar-refractivity contribution in [2.24, 2.45) is 10.8 Å². The Hall–Kier alpha value is -1.83. The second-order valence-electron chi connectivity index (χ2n) is 9.43.